The van der Waals surface area contributed by atoms with Crippen LogP contribution in [-0.2, 0) is 16.4 Å². The topological polar surface area (TPSA) is 102 Å². The van der Waals surface area contributed by atoms with Gasteiger partial charge in [-0.25, -0.2) is 13.4 Å². The second-order valence-electron chi connectivity index (χ2n) is 4.39. The molecule has 7 heteroatoms. The number of aromatic nitrogens is 2. The highest BCUT2D eigenvalue weighted by molar-refractivity contribution is 7.90. The average molecular weight is 278 g/mol. The quantitative estimate of drug-likeness (QED) is 0.896. The minimum absolute atomic E-state index is 0.101. The molecule has 2 aromatic rings. The molecule has 100 valence electrons. The smallest absolute Gasteiger partial charge is 0.201 e. The van der Waals surface area contributed by atoms with Crippen LogP contribution in [0.4, 0.5) is 5.95 Å². The summed E-state index contributed by atoms with van der Waals surface area (Å²) in [6.45, 7) is 0.463. The van der Waals surface area contributed by atoms with E-state index in [2.05, 4.69) is 11.1 Å². The van der Waals surface area contributed by atoms with Crippen LogP contribution >= 0.6 is 0 Å². The SMILES string of the molecule is CS(=O)(=O)CCCn1c(N)nc2c(C#N)cccc21. The van der Waals surface area contributed by atoms with E-state index in [1.54, 1.807) is 16.7 Å². The van der Waals surface area contributed by atoms with Crippen LogP contribution in [0.1, 0.15) is 12.0 Å². The third kappa shape index (κ3) is 2.85. The van der Waals surface area contributed by atoms with Crippen LogP contribution in [0, 0.1) is 11.3 Å². The number of rotatable bonds is 4. The summed E-state index contributed by atoms with van der Waals surface area (Å²) in [7, 11) is -2.98. The molecule has 0 radical (unpaired) electrons. The Kier molecular flexibility index (Phi) is 3.44. The third-order valence-electron chi connectivity index (χ3n) is 2.83. The van der Waals surface area contributed by atoms with Gasteiger partial charge in [0.2, 0.25) is 5.95 Å². The van der Waals surface area contributed by atoms with Crippen molar-refractivity contribution in [2.24, 2.45) is 0 Å². The number of hydrogen-bond acceptors (Lipinski definition) is 5. The molecule has 0 spiro atoms. The van der Waals surface area contributed by atoms with Crippen LogP contribution in [0.25, 0.3) is 11.0 Å². The van der Waals surface area contributed by atoms with Gasteiger partial charge in [0.15, 0.2) is 0 Å². The molecular formula is C12H14N4O2S. The summed E-state index contributed by atoms with van der Waals surface area (Å²) in [6, 6.07) is 7.32. The average Bonchev–Trinajstić information content (AvgIpc) is 2.64. The van der Waals surface area contributed by atoms with Gasteiger partial charge in [-0.1, -0.05) is 6.07 Å². The highest BCUT2D eigenvalue weighted by Crippen LogP contribution is 2.21. The van der Waals surface area contributed by atoms with Gasteiger partial charge in [-0.3, -0.25) is 0 Å². The van der Waals surface area contributed by atoms with E-state index in [-0.39, 0.29) is 5.75 Å². The Morgan fingerprint density at radius 1 is 1.47 bits per heavy atom. The van der Waals surface area contributed by atoms with Crippen LogP contribution in [0.15, 0.2) is 18.2 Å². The summed E-state index contributed by atoms with van der Waals surface area (Å²) in [5.41, 5.74) is 7.60. The van der Waals surface area contributed by atoms with E-state index in [1.807, 2.05) is 6.07 Å². The number of benzene rings is 1. The van der Waals surface area contributed by atoms with Crippen LogP contribution in [0.2, 0.25) is 0 Å². The molecule has 0 aliphatic rings. The molecule has 0 aliphatic carbocycles. The van der Waals surface area contributed by atoms with Crippen molar-refractivity contribution in [3.8, 4) is 6.07 Å². The maximum absolute atomic E-state index is 11.1. The Balaban J connectivity index is 2.34. The summed E-state index contributed by atoms with van der Waals surface area (Å²) in [5, 5.41) is 9.00. The molecule has 0 aliphatic heterocycles. The van der Waals surface area contributed by atoms with Crippen molar-refractivity contribution in [1.82, 2.24) is 9.55 Å². The molecule has 1 heterocycles. The fraction of sp³-hybridized carbons (Fsp3) is 0.333. The van der Waals surface area contributed by atoms with E-state index >= 15 is 0 Å². The number of nitrogens with zero attached hydrogens (tertiary/aromatic N) is 3. The predicted octanol–water partition coefficient (Wildman–Crippen LogP) is 0.925. The molecule has 1 aromatic heterocycles. The molecule has 19 heavy (non-hydrogen) atoms. The van der Waals surface area contributed by atoms with Crippen LogP contribution < -0.4 is 5.73 Å². The number of nitriles is 1. The van der Waals surface area contributed by atoms with Crippen molar-refractivity contribution >= 4 is 26.8 Å². The van der Waals surface area contributed by atoms with Gasteiger partial charge >= 0.3 is 0 Å². The van der Waals surface area contributed by atoms with Crippen LogP contribution in [0.5, 0.6) is 0 Å². The lowest BCUT2D eigenvalue weighted by molar-refractivity contribution is 0.594. The molecule has 2 rings (SSSR count). The fourth-order valence-electron chi connectivity index (χ4n) is 1.98. The number of nitrogen functional groups attached to an aromatic ring is 1. The molecule has 0 unspecified atom stereocenters. The molecule has 1 aromatic carbocycles. The predicted molar refractivity (Wildman–Crippen MR) is 73.2 cm³/mol. The van der Waals surface area contributed by atoms with Gasteiger partial charge in [0, 0.05) is 12.8 Å². The Morgan fingerprint density at radius 2 is 2.21 bits per heavy atom. The zero-order chi connectivity index (χ0) is 14.0. The largest absolute Gasteiger partial charge is 0.369 e. The van der Waals surface area contributed by atoms with Crippen molar-refractivity contribution in [1.29, 1.82) is 5.26 Å². The Labute approximate surface area is 111 Å². The van der Waals surface area contributed by atoms with Gasteiger partial charge in [-0.15, -0.1) is 0 Å². The van der Waals surface area contributed by atoms with Gasteiger partial charge in [0.05, 0.1) is 16.8 Å². The number of sulfone groups is 1. The standard InChI is InChI=1S/C12H14N4O2S/c1-19(17,18)7-3-6-16-10-5-2-4-9(8-13)11(10)15-12(16)14/h2,4-5H,3,6-7H2,1H3,(H2,14,15). The van der Waals surface area contributed by atoms with E-state index in [4.69, 9.17) is 11.0 Å². The maximum atomic E-state index is 11.1. The summed E-state index contributed by atoms with van der Waals surface area (Å²) in [6.07, 6.45) is 1.67. The minimum Gasteiger partial charge on any atom is -0.369 e. The highest BCUT2D eigenvalue weighted by Gasteiger charge is 2.11. The first-order valence-corrected chi connectivity index (χ1v) is 7.81. The molecule has 6 nitrogen and oxygen atoms in total. The third-order valence-corrected chi connectivity index (χ3v) is 3.86. The first kappa shape index (κ1) is 13.4. The lowest BCUT2D eigenvalue weighted by Crippen LogP contribution is -2.09. The van der Waals surface area contributed by atoms with E-state index in [9.17, 15) is 8.42 Å². The summed E-state index contributed by atoms with van der Waals surface area (Å²) < 4.78 is 24.0. The highest BCUT2D eigenvalue weighted by atomic mass is 32.2. The van der Waals surface area contributed by atoms with Crippen molar-refractivity contribution < 1.29 is 8.42 Å². The maximum Gasteiger partial charge on any atom is 0.201 e. The zero-order valence-corrected chi connectivity index (χ0v) is 11.3. The van der Waals surface area contributed by atoms with Crippen molar-refractivity contribution in [3.63, 3.8) is 0 Å². The van der Waals surface area contributed by atoms with Gasteiger partial charge in [0.25, 0.3) is 0 Å². The molecule has 0 fully saturated rings. The number of anilines is 1. The Hall–Kier alpha value is -2.07. The second kappa shape index (κ2) is 4.90. The van der Waals surface area contributed by atoms with E-state index in [0.717, 1.165) is 5.52 Å². The Morgan fingerprint density at radius 3 is 2.84 bits per heavy atom. The molecule has 2 N–H and O–H groups in total. The lowest BCUT2D eigenvalue weighted by Gasteiger charge is -2.05. The number of nitrogens with two attached hydrogens (primary N) is 1. The van der Waals surface area contributed by atoms with Gasteiger partial charge in [-0.2, -0.15) is 5.26 Å². The molecule has 0 bridgehead atoms. The zero-order valence-electron chi connectivity index (χ0n) is 10.5. The summed E-state index contributed by atoms with van der Waals surface area (Å²) in [4.78, 5) is 4.17. The monoisotopic (exact) mass is 278 g/mol. The molecule has 0 saturated heterocycles. The van der Waals surface area contributed by atoms with E-state index < -0.39 is 9.84 Å². The summed E-state index contributed by atoms with van der Waals surface area (Å²) in [5.74, 6) is 0.399. The van der Waals surface area contributed by atoms with E-state index in [0.29, 0.717) is 30.0 Å². The van der Waals surface area contributed by atoms with Gasteiger partial charge in [-0.05, 0) is 18.6 Å². The molecule has 0 saturated carbocycles. The molecular weight excluding hydrogens is 264 g/mol. The summed E-state index contributed by atoms with van der Waals surface area (Å²) >= 11 is 0. The minimum atomic E-state index is -2.98. The number of imidazole rings is 1. The first-order valence-electron chi connectivity index (χ1n) is 5.75. The Bertz CT molecular complexity index is 756. The van der Waals surface area contributed by atoms with Crippen LogP contribution in [-0.4, -0.2) is 30.0 Å². The van der Waals surface area contributed by atoms with Gasteiger partial charge < -0.3 is 10.3 Å². The number of aryl methyl sites for hydroxylation is 1. The van der Waals surface area contributed by atoms with Crippen molar-refractivity contribution in [2.45, 2.75) is 13.0 Å². The first-order chi connectivity index (χ1) is 8.92. The van der Waals surface area contributed by atoms with Crippen molar-refractivity contribution in [2.75, 3.05) is 17.7 Å². The van der Waals surface area contributed by atoms with Crippen LogP contribution in [0.3, 0.4) is 0 Å². The number of hydrogen-bond donors (Lipinski definition) is 1. The second-order valence-corrected chi connectivity index (χ2v) is 6.65. The van der Waals surface area contributed by atoms with E-state index in [1.165, 1.54) is 6.26 Å². The van der Waals surface area contributed by atoms with Crippen molar-refractivity contribution in [3.05, 3.63) is 23.8 Å². The number of para-hydroxylation sites is 1. The molecule has 0 atom stereocenters. The lowest BCUT2D eigenvalue weighted by atomic mass is 10.2. The number of fused-ring (bicyclic) bond motifs is 1. The molecule has 0 amide bonds. The fourth-order valence-corrected chi connectivity index (χ4v) is 2.63. The van der Waals surface area contributed by atoms with Gasteiger partial charge in [0.1, 0.15) is 21.4 Å². The normalized spacial score (nSPS) is 11.6.